The Balaban J connectivity index is 2.07. The van der Waals surface area contributed by atoms with Crippen LogP contribution in [-0.2, 0) is 0 Å². The van der Waals surface area contributed by atoms with Gasteiger partial charge in [-0.15, -0.1) is 0 Å². The predicted octanol–water partition coefficient (Wildman–Crippen LogP) is 4.73. The zero-order valence-electron chi connectivity index (χ0n) is 16.5. The Morgan fingerprint density at radius 2 is 1.82 bits per heavy atom. The number of nitrogen functional groups attached to an aromatic ring is 1. The molecule has 0 amide bonds. The highest BCUT2D eigenvalue weighted by Crippen LogP contribution is 2.44. The number of nitrogens with zero attached hydrogens (tertiary/aromatic N) is 3. The lowest BCUT2D eigenvalue weighted by atomic mass is 9.95. The van der Waals surface area contributed by atoms with Gasteiger partial charge in [0.25, 0.3) is 0 Å². The smallest absolute Gasteiger partial charge is 0.142 e. The maximum Gasteiger partial charge on any atom is 0.142 e. The van der Waals surface area contributed by atoms with Crippen LogP contribution in [0.3, 0.4) is 0 Å². The summed E-state index contributed by atoms with van der Waals surface area (Å²) in [6, 6.07) is 12.2. The molecule has 0 aliphatic heterocycles. The van der Waals surface area contributed by atoms with E-state index < -0.39 is 0 Å². The number of hydrogen-bond acceptors (Lipinski definition) is 5. The summed E-state index contributed by atoms with van der Waals surface area (Å²) in [7, 11) is 0. The predicted molar refractivity (Wildman–Crippen MR) is 111 cm³/mol. The number of aromatic nitrogens is 1. The Morgan fingerprint density at radius 1 is 1.14 bits per heavy atom. The average Bonchev–Trinajstić information content (AvgIpc) is 2.92. The lowest BCUT2D eigenvalue weighted by molar-refractivity contribution is 0.271. The fourth-order valence-electron chi connectivity index (χ4n) is 3.29. The molecule has 2 aromatic rings. The maximum atomic E-state index is 9.62. The monoisotopic (exact) mass is 370 g/mol. The molecule has 5 nitrogen and oxygen atoms in total. The first kappa shape index (κ1) is 19.2. The van der Waals surface area contributed by atoms with E-state index in [0.29, 0.717) is 29.4 Å². The van der Waals surface area contributed by atoms with Crippen molar-refractivity contribution in [1.29, 1.82) is 10.5 Å². The van der Waals surface area contributed by atoms with Gasteiger partial charge >= 0.3 is 0 Å². The molecule has 0 unspecified atom stereocenters. The zero-order chi connectivity index (χ0) is 20.4. The summed E-state index contributed by atoms with van der Waals surface area (Å²) in [6.45, 7) is 8.63. The summed E-state index contributed by atoms with van der Waals surface area (Å²) in [5.41, 5.74) is 11.6. The van der Waals surface area contributed by atoms with E-state index in [9.17, 15) is 10.5 Å². The first-order chi connectivity index (χ1) is 13.4. The summed E-state index contributed by atoms with van der Waals surface area (Å²) in [5.74, 6) is 1.45. The molecule has 28 heavy (non-hydrogen) atoms. The largest absolute Gasteiger partial charge is 0.493 e. The molecule has 2 N–H and O–H groups in total. The van der Waals surface area contributed by atoms with Gasteiger partial charge in [0.2, 0.25) is 0 Å². The van der Waals surface area contributed by atoms with Crippen molar-refractivity contribution < 1.29 is 4.74 Å². The van der Waals surface area contributed by atoms with Crippen LogP contribution in [0.2, 0.25) is 0 Å². The number of allylic oxidation sites excluding steroid dienone is 3. The van der Waals surface area contributed by atoms with Gasteiger partial charge in [-0.3, -0.25) is 0 Å². The van der Waals surface area contributed by atoms with Gasteiger partial charge in [-0.2, -0.15) is 10.5 Å². The molecule has 3 rings (SSSR count). The van der Waals surface area contributed by atoms with Gasteiger partial charge in [-0.1, -0.05) is 26.0 Å². The molecule has 140 valence electrons. The van der Waals surface area contributed by atoms with Crippen molar-refractivity contribution in [1.82, 2.24) is 4.98 Å². The van der Waals surface area contributed by atoms with Crippen molar-refractivity contribution in [3.05, 3.63) is 57.8 Å². The Morgan fingerprint density at radius 3 is 2.39 bits per heavy atom. The molecule has 0 bridgehead atoms. The Kier molecular flexibility index (Phi) is 5.20. The normalized spacial score (nSPS) is 14.2. The maximum absolute atomic E-state index is 9.62. The highest BCUT2D eigenvalue weighted by molar-refractivity contribution is 6.08. The van der Waals surface area contributed by atoms with Crippen molar-refractivity contribution >= 4 is 23.0 Å². The Labute approximate surface area is 165 Å². The zero-order valence-corrected chi connectivity index (χ0v) is 16.5. The molecule has 1 heterocycles. The first-order valence-electron chi connectivity index (χ1n) is 9.14. The van der Waals surface area contributed by atoms with Crippen LogP contribution in [-0.4, -0.2) is 11.6 Å². The molecule has 0 radical (unpaired) electrons. The quantitative estimate of drug-likeness (QED) is 0.839. The number of benzene rings is 1. The molecule has 1 aromatic heterocycles. The molecule has 5 heteroatoms. The van der Waals surface area contributed by atoms with Crippen molar-refractivity contribution in [3.8, 4) is 17.9 Å². The molecule has 1 aliphatic rings. The number of nitrogens with two attached hydrogens (primary N) is 1. The third-order valence-electron chi connectivity index (χ3n) is 4.76. The summed E-state index contributed by atoms with van der Waals surface area (Å²) in [5, 5.41) is 19.1. The fourth-order valence-corrected chi connectivity index (χ4v) is 3.29. The molecule has 0 saturated carbocycles. The average molecular weight is 370 g/mol. The minimum Gasteiger partial charge on any atom is -0.493 e. The summed E-state index contributed by atoms with van der Waals surface area (Å²) in [4.78, 5) is 4.35. The Hall–Kier alpha value is -3.57. The summed E-state index contributed by atoms with van der Waals surface area (Å²) in [6.07, 6.45) is 2.01. The van der Waals surface area contributed by atoms with E-state index in [1.54, 1.807) is 0 Å². The van der Waals surface area contributed by atoms with Crippen LogP contribution < -0.4 is 10.5 Å². The standard InChI is InChI=1S/C23H22N4O/c1-13(2)12-28-17-7-5-16(6-8-17)9-18-14(3)19(10-24)22-21(18)15(4)20(11-25)23(26)27-22/h5-9,13H,12H2,1-4H3,(H2,26,27)/b18-9-. The SMILES string of the molecule is CC1=C(C#N)c2nc(N)c(C#N)c(C)c2/C1=C\c1ccc(OCC(C)C)cc1. The number of fused-ring (bicyclic) bond motifs is 1. The second kappa shape index (κ2) is 7.58. The number of pyridine rings is 1. The number of anilines is 1. The van der Waals surface area contributed by atoms with Crippen LogP contribution in [0.25, 0.3) is 17.2 Å². The van der Waals surface area contributed by atoms with Gasteiger partial charge in [0, 0.05) is 5.56 Å². The van der Waals surface area contributed by atoms with Crippen LogP contribution in [0.1, 0.15) is 48.7 Å². The molecule has 0 fully saturated rings. The van der Waals surface area contributed by atoms with Gasteiger partial charge in [-0.25, -0.2) is 4.98 Å². The topological polar surface area (TPSA) is 95.7 Å². The number of hydrogen-bond donors (Lipinski definition) is 1. The molecule has 1 aromatic carbocycles. The number of nitriles is 2. The third-order valence-corrected chi connectivity index (χ3v) is 4.76. The highest BCUT2D eigenvalue weighted by atomic mass is 16.5. The van der Waals surface area contributed by atoms with Gasteiger partial charge in [-0.05, 0) is 60.2 Å². The van der Waals surface area contributed by atoms with E-state index in [1.807, 2.05) is 44.2 Å². The number of rotatable bonds is 4. The van der Waals surface area contributed by atoms with Crippen LogP contribution in [0, 0.1) is 35.5 Å². The minimum absolute atomic E-state index is 0.159. The van der Waals surface area contributed by atoms with Crippen molar-refractivity contribution in [2.24, 2.45) is 5.92 Å². The van der Waals surface area contributed by atoms with Crippen LogP contribution in [0.4, 0.5) is 5.82 Å². The van der Waals surface area contributed by atoms with Crippen LogP contribution >= 0.6 is 0 Å². The van der Waals surface area contributed by atoms with Crippen LogP contribution in [0.5, 0.6) is 5.75 Å². The third kappa shape index (κ3) is 3.35. The van der Waals surface area contributed by atoms with Gasteiger partial charge in [0.1, 0.15) is 23.7 Å². The fraction of sp³-hybridized carbons (Fsp3) is 0.261. The van der Waals surface area contributed by atoms with E-state index in [-0.39, 0.29) is 5.82 Å². The molecule has 0 atom stereocenters. The van der Waals surface area contributed by atoms with Gasteiger partial charge < -0.3 is 10.5 Å². The second-order valence-electron chi connectivity index (χ2n) is 7.28. The minimum atomic E-state index is 0.159. The van der Waals surface area contributed by atoms with E-state index in [2.05, 4.69) is 31.0 Å². The van der Waals surface area contributed by atoms with E-state index in [4.69, 9.17) is 10.5 Å². The van der Waals surface area contributed by atoms with Gasteiger partial charge in [0.05, 0.1) is 23.4 Å². The molecular formula is C23H22N4O. The number of ether oxygens (including phenoxy) is 1. The summed E-state index contributed by atoms with van der Waals surface area (Å²) < 4.78 is 5.73. The summed E-state index contributed by atoms with van der Waals surface area (Å²) >= 11 is 0. The van der Waals surface area contributed by atoms with Crippen LogP contribution in [0.15, 0.2) is 29.8 Å². The van der Waals surface area contributed by atoms with Gasteiger partial charge in [0.15, 0.2) is 0 Å². The lowest BCUT2D eigenvalue weighted by Crippen LogP contribution is -2.04. The molecule has 0 spiro atoms. The van der Waals surface area contributed by atoms with E-state index in [0.717, 1.165) is 33.6 Å². The van der Waals surface area contributed by atoms with Crippen molar-refractivity contribution in [3.63, 3.8) is 0 Å². The van der Waals surface area contributed by atoms with Crippen molar-refractivity contribution in [2.45, 2.75) is 27.7 Å². The Bertz CT molecular complexity index is 1080. The van der Waals surface area contributed by atoms with E-state index >= 15 is 0 Å². The van der Waals surface area contributed by atoms with Crippen molar-refractivity contribution in [2.75, 3.05) is 12.3 Å². The first-order valence-corrected chi connectivity index (χ1v) is 9.14. The molecular weight excluding hydrogens is 348 g/mol. The molecule has 0 saturated heterocycles. The lowest BCUT2D eigenvalue weighted by Gasteiger charge is -2.11. The highest BCUT2D eigenvalue weighted by Gasteiger charge is 2.29. The van der Waals surface area contributed by atoms with E-state index in [1.165, 1.54) is 0 Å². The molecule has 1 aliphatic carbocycles. The second-order valence-corrected chi connectivity index (χ2v) is 7.28.